The van der Waals surface area contributed by atoms with E-state index in [0.717, 1.165) is 0 Å². The van der Waals surface area contributed by atoms with Gasteiger partial charge in [0.25, 0.3) is 5.69 Å². The summed E-state index contributed by atoms with van der Waals surface area (Å²) in [4.78, 5) is 23.4. The molecular formula is C13H11N3O4. The van der Waals surface area contributed by atoms with Gasteiger partial charge in [0, 0.05) is 17.7 Å². The van der Waals surface area contributed by atoms with Crippen LogP contribution < -0.4 is 4.90 Å². The molecule has 20 heavy (non-hydrogen) atoms. The third-order valence-electron chi connectivity index (χ3n) is 2.81. The first kappa shape index (κ1) is 13.5. The van der Waals surface area contributed by atoms with E-state index < -0.39 is 17.1 Å². The number of anilines is 1. The Morgan fingerprint density at radius 3 is 2.95 bits per heavy atom. The minimum absolute atomic E-state index is 0.0763. The number of nitrogens with zero attached hydrogens (tertiary/aromatic N) is 3. The number of rotatable bonds is 2. The second-order valence-corrected chi connectivity index (χ2v) is 4.00. The number of amides is 1. The van der Waals surface area contributed by atoms with Crippen LogP contribution in [-0.4, -0.2) is 23.7 Å². The van der Waals surface area contributed by atoms with Crippen LogP contribution in [-0.2, 0) is 4.74 Å². The average Bonchev–Trinajstić information content (AvgIpc) is 2.45. The van der Waals surface area contributed by atoms with Crippen molar-refractivity contribution in [3.63, 3.8) is 0 Å². The van der Waals surface area contributed by atoms with Gasteiger partial charge in [-0.05, 0) is 19.1 Å². The molecule has 0 bridgehead atoms. The molecule has 7 nitrogen and oxygen atoms in total. The molecule has 1 aromatic carbocycles. The van der Waals surface area contributed by atoms with Gasteiger partial charge in [0.1, 0.15) is 6.04 Å². The SMILES string of the molecule is CCOC(=O)N1c2ccc([N+](=O)[O-])cc2C=CC1C#N. The van der Waals surface area contributed by atoms with Crippen LogP contribution in [0.2, 0.25) is 0 Å². The molecule has 0 saturated heterocycles. The van der Waals surface area contributed by atoms with Gasteiger partial charge in [-0.15, -0.1) is 0 Å². The van der Waals surface area contributed by atoms with Crippen LogP contribution in [0.3, 0.4) is 0 Å². The van der Waals surface area contributed by atoms with Gasteiger partial charge < -0.3 is 4.74 Å². The number of non-ortho nitro benzene ring substituents is 1. The molecule has 102 valence electrons. The lowest BCUT2D eigenvalue weighted by molar-refractivity contribution is -0.384. The van der Waals surface area contributed by atoms with Crippen molar-refractivity contribution in [1.82, 2.24) is 0 Å². The predicted octanol–water partition coefficient (Wildman–Crippen LogP) is 2.48. The van der Waals surface area contributed by atoms with E-state index in [9.17, 15) is 14.9 Å². The van der Waals surface area contributed by atoms with E-state index in [1.165, 1.54) is 29.2 Å². The van der Waals surface area contributed by atoms with Crippen molar-refractivity contribution in [2.45, 2.75) is 13.0 Å². The van der Waals surface area contributed by atoms with E-state index in [2.05, 4.69) is 0 Å². The van der Waals surface area contributed by atoms with Gasteiger partial charge in [0.15, 0.2) is 0 Å². The molecule has 1 aliphatic rings. The Kier molecular flexibility index (Phi) is 3.66. The van der Waals surface area contributed by atoms with Crippen molar-refractivity contribution in [1.29, 1.82) is 5.26 Å². The lowest BCUT2D eigenvalue weighted by Crippen LogP contribution is -2.40. The van der Waals surface area contributed by atoms with Crippen molar-refractivity contribution in [2.75, 3.05) is 11.5 Å². The number of nitro groups is 1. The lowest BCUT2D eigenvalue weighted by atomic mass is 10.0. The molecule has 1 amide bonds. The number of ether oxygens (including phenoxy) is 1. The van der Waals surface area contributed by atoms with E-state index >= 15 is 0 Å². The van der Waals surface area contributed by atoms with Crippen LogP contribution in [0.5, 0.6) is 0 Å². The molecule has 0 N–H and O–H groups in total. The summed E-state index contributed by atoms with van der Waals surface area (Å²) in [6, 6.07) is 5.27. The fourth-order valence-electron chi connectivity index (χ4n) is 1.94. The number of hydrogen-bond donors (Lipinski definition) is 0. The van der Waals surface area contributed by atoms with Gasteiger partial charge in [-0.25, -0.2) is 4.79 Å². The summed E-state index contributed by atoms with van der Waals surface area (Å²) in [7, 11) is 0. The Bertz CT molecular complexity index is 633. The summed E-state index contributed by atoms with van der Waals surface area (Å²) in [5.41, 5.74) is 0.842. The van der Waals surface area contributed by atoms with Crippen LogP contribution in [0.25, 0.3) is 6.08 Å². The highest BCUT2D eigenvalue weighted by Crippen LogP contribution is 2.32. The maximum atomic E-state index is 11.9. The van der Waals surface area contributed by atoms with Gasteiger partial charge in [-0.2, -0.15) is 5.26 Å². The lowest BCUT2D eigenvalue weighted by Gasteiger charge is -2.28. The van der Waals surface area contributed by atoms with Crippen molar-refractivity contribution < 1.29 is 14.5 Å². The smallest absolute Gasteiger partial charge is 0.415 e. The van der Waals surface area contributed by atoms with Crippen molar-refractivity contribution in [2.24, 2.45) is 0 Å². The van der Waals surface area contributed by atoms with Crippen LogP contribution in [0, 0.1) is 21.4 Å². The highest BCUT2D eigenvalue weighted by Gasteiger charge is 2.30. The van der Waals surface area contributed by atoms with E-state index in [1.807, 2.05) is 6.07 Å². The van der Waals surface area contributed by atoms with Gasteiger partial charge in [0.2, 0.25) is 0 Å². The third-order valence-corrected chi connectivity index (χ3v) is 2.81. The van der Waals surface area contributed by atoms with E-state index in [4.69, 9.17) is 10.00 Å². The molecule has 0 aliphatic carbocycles. The second-order valence-electron chi connectivity index (χ2n) is 4.00. The Labute approximate surface area is 114 Å². The van der Waals surface area contributed by atoms with E-state index in [1.54, 1.807) is 13.0 Å². The Morgan fingerprint density at radius 2 is 2.35 bits per heavy atom. The molecule has 2 rings (SSSR count). The van der Waals surface area contributed by atoms with Gasteiger partial charge >= 0.3 is 6.09 Å². The number of fused-ring (bicyclic) bond motifs is 1. The molecule has 0 radical (unpaired) electrons. The topological polar surface area (TPSA) is 96.5 Å². The molecule has 1 aliphatic heterocycles. The zero-order valence-corrected chi connectivity index (χ0v) is 10.6. The maximum Gasteiger partial charge on any atom is 0.415 e. The van der Waals surface area contributed by atoms with Crippen molar-refractivity contribution in [3.05, 3.63) is 40.0 Å². The molecule has 1 aromatic rings. The predicted molar refractivity (Wildman–Crippen MR) is 71.0 cm³/mol. The van der Waals surface area contributed by atoms with Crippen molar-refractivity contribution in [3.8, 4) is 6.07 Å². The highest BCUT2D eigenvalue weighted by molar-refractivity contribution is 5.94. The van der Waals surface area contributed by atoms with E-state index in [-0.39, 0.29) is 12.3 Å². The molecular weight excluding hydrogens is 262 g/mol. The summed E-state index contributed by atoms with van der Waals surface area (Å²) < 4.78 is 4.92. The fourth-order valence-corrected chi connectivity index (χ4v) is 1.94. The summed E-state index contributed by atoms with van der Waals surface area (Å²) in [5.74, 6) is 0. The zero-order chi connectivity index (χ0) is 14.7. The van der Waals surface area contributed by atoms with Crippen LogP contribution >= 0.6 is 0 Å². The van der Waals surface area contributed by atoms with Crippen LogP contribution in [0.15, 0.2) is 24.3 Å². The summed E-state index contributed by atoms with van der Waals surface area (Å²) in [6.07, 6.45) is 2.44. The normalized spacial score (nSPS) is 16.2. The first-order valence-electron chi connectivity index (χ1n) is 5.90. The standard InChI is InChI=1S/C13H11N3O4/c1-2-20-13(17)15-11(8-14)4-3-9-7-10(16(18)19)5-6-12(9)15/h3-7,11H,2H2,1H3. The number of hydrogen-bond acceptors (Lipinski definition) is 5. The second kappa shape index (κ2) is 5.40. The molecule has 0 spiro atoms. The number of benzene rings is 1. The minimum atomic E-state index is -0.789. The Morgan fingerprint density at radius 1 is 1.60 bits per heavy atom. The summed E-state index contributed by atoms with van der Waals surface area (Å²) in [6.45, 7) is 1.84. The number of carbonyl (C=O) groups is 1. The molecule has 1 heterocycles. The van der Waals surface area contributed by atoms with Gasteiger partial charge in [0.05, 0.1) is 23.3 Å². The largest absolute Gasteiger partial charge is 0.449 e. The molecule has 1 unspecified atom stereocenters. The minimum Gasteiger partial charge on any atom is -0.449 e. The Hall–Kier alpha value is -2.88. The molecule has 0 saturated carbocycles. The van der Waals surface area contributed by atoms with Gasteiger partial charge in [-0.3, -0.25) is 15.0 Å². The maximum absolute atomic E-state index is 11.9. The van der Waals surface area contributed by atoms with Gasteiger partial charge in [-0.1, -0.05) is 6.08 Å². The average molecular weight is 273 g/mol. The Balaban J connectivity index is 2.48. The monoisotopic (exact) mass is 273 g/mol. The molecule has 0 fully saturated rings. The summed E-state index contributed by atoms with van der Waals surface area (Å²) >= 11 is 0. The first-order chi connectivity index (χ1) is 9.58. The number of carbonyl (C=O) groups excluding carboxylic acids is 1. The molecule has 0 aromatic heterocycles. The zero-order valence-electron chi connectivity index (χ0n) is 10.6. The fraction of sp³-hybridized carbons (Fsp3) is 0.231. The highest BCUT2D eigenvalue weighted by atomic mass is 16.6. The first-order valence-corrected chi connectivity index (χ1v) is 5.90. The number of nitro benzene ring substituents is 1. The van der Waals surface area contributed by atoms with Crippen molar-refractivity contribution >= 4 is 23.5 Å². The van der Waals surface area contributed by atoms with Crippen LogP contribution in [0.4, 0.5) is 16.2 Å². The molecule has 7 heteroatoms. The molecule has 1 atom stereocenters. The van der Waals surface area contributed by atoms with Crippen LogP contribution in [0.1, 0.15) is 12.5 Å². The third kappa shape index (κ3) is 2.31. The summed E-state index contributed by atoms with van der Waals surface area (Å²) in [5, 5.41) is 19.8. The van der Waals surface area contributed by atoms with E-state index in [0.29, 0.717) is 11.3 Å². The number of nitriles is 1. The quantitative estimate of drug-likeness (QED) is 0.609.